The minimum atomic E-state index is -1.33. The van der Waals surface area contributed by atoms with Crippen LogP contribution in [-0.4, -0.2) is 72.2 Å². The zero-order chi connectivity index (χ0) is 23.0. The van der Waals surface area contributed by atoms with E-state index in [1.54, 1.807) is 4.90 Å². The Kier molecular flexibility index (Phi) is 7.91. The van der Waals surface area contributed by atoms with Gasteiger partial charge in [-0.2, -0.15) is 0 Å². The van der Waals surface area contributed by atoms with Crippen LogP contribution in [0.25, 0.3) is 0 Å². The van der Waals surface area contributed by atoms with Gasteiger partial charge < -0.3 is 29.6 Å². The monoisotopic (exact) mass is 446 g/mol. The second-order valence-electron chi connectivity index (χ2n) is 8.11. The van der Waals surface area contributed by atoms with Gasteiger partial charge in [0.25, 0.3) is 0 Å². The van der Waals surface area contributed by atoms with Crippen LogP contribution in [0.3, 0.4) is 0 Å². The Morgan fingerprint density at radius 1 is 1.12 bits per heavy atom. The summed E-state index contributed by atoms with van der Waals surface area (Å²) in [6, 6.07) is 9.40. The molecule has 1 spiro atoms. The zero-order valence-corrected chi connectivity index (χ0v) is 17.9. The molecule has 0 atom stereocenters. The lowest BCUT2D eigenvalue weighted by atomic mass is 9.91. The molecule has 10 nitrogen and oxygen atoms in total. The third-order valence-corrected chi connectivity index (χ3v) is 5.69. The molecule has 0 bridgehead atoms. The number of unbranched alkanes of at least 4 members (excludes halogenated alkanes) is 1. The summed E-state index contributed by atoms with van der Waals surface area (Å²) in [7, 11) is 0. The van der Waals surface area contributed by atoms with Crippen molar-refractivity contribution in [1.82, 2.24) is 15.1 Å². The number of rotatable bonds is 9. The highest BCUT2D eigenvalue weighted by Gasteiger charge is 2.47. The van der Waals surface area contributed by atoms with Gasteiger partial charge in [0, 0.05) is 38.9 Å². The largest absolute Gasteiger partial charge is 0.548 e. The molecule has 0 aliphatic carbocycles. The molecule has 0 radical (unpaired) electrons. The Labute approximate surface area is 186 Å². The van der Waals surface area contributed by atoms with Crippen molar-refractivity contribution in [2.75, 3.05) is 32.7 Å². The van der Waals surface area contributed by atoms with E-state index in [1.165, 1.54) is 0 Å². The number of amides is 3. The van der Waals surface area contributed by atoms with E-state index in [9.17, 15) is 24.3 Å². The number of aliphatic carboxylic acids is 1. The van der Waals surface area contributed by atoms with Gasteiger partial charge in [-0.1, -0.05) is 30.3 Å². The molecule has 3 amide bonds. The van der Waals surface area contributed by atoms with Crippen LogP contribution in [-0.2, 0) is 25.7 Å². The summed E-state index contributed by atoms with van der Waals surface area (Å²) in [6.07, 6.45) is 1.47. The van der Waals surface area contributed by atoms with Crippen LogP contribution < -0.4 is 10.4 Å². The number of carboxylic acid groups (broad SMARTS) is 1. The molecule has 2 fully saturated rings. The highest BCUT2D eigenvalue weighted by Crippen LogP contribution is 2.33. The molecule has 0 aromatic heterocycles. The van der Waals surface area contributed by atoms with Gasteiger partial charge in [0.2, 0.25) is 5.91 Å². The smallest absolute Gasteiger partial charge is 0.410 e. The number of alkyl carbamates (subject to hydrolysis) is 1. The highest BCUT2D eigenvalue weighted by molar-refractivity contribution is 5.78. The van der Waals surface area contributed by atoms with Gasteiger partial charge in [-0.05, 0) is 18.4 Å². The Morgan fingerprint density at radius 2 is 1.84 bits per heavy atom. The molecule has 1 N–H and O–H groups in total. The lowest BCUT2D eigenvalue weighted by molar-refractivity contribution is -0.305. The molecule has 0 saturated carbocycles. The second kappa shape index (κ2) is 10.8. The van der Waals surface area contributed by atoms with E-state index in [1.807, 2.05) is 30.3 Å². The van der Waals surface area contributed by atoms with Gasteiger partial charge in [0.05, 0.1) is 19.1 Å². The van der Waals surface area contributed by atoms with Gasteiger partial charge in [-0.15, -0.1) is 0 Å². The number of ether oxygens (including phenoxy) is 2. The summed E-state index contributed by atoms with van der Waals surface area (Å²) in [6.45, 7) is 1.26. The average Bonchev–Trinajstić information content (AvgIpc) is 3.06. The SMILES string of the molecule is O=C([O-])CN1CC2(CCN(C(=O)CCCCNC(=O)OCc3ccccc3)CC2)OC1=O. The number of carbonyl (C=O) groups excluding carboxylic acids is 4. The molecule has 32 heavy (non-hydrogen) atoms. The molecule has 2 saturated heterocycles. The predicted molar refractivity (Wildman–Crippen MR) is 110 cm³/mol. The average molecular weight is 446 g/mol. The maximum absolute atomic E-state index is 12.4. The lowest BCUT2D eigenvalue weighted by Crippen LogP contribution is -2.49. The fourth-order valence-electron chi connectivity index (χ4n) is 3.92. The number of hydrogen-bond acceptors (Lipinski definition) is 7. The Morgan fingerprint density at radius 3 is 2.53 bits per heavy atom. The van der Waals surface area contributed by atoms with Crippen LogP contribution in [0.15, 0.2) is 30.3 Å². The van der Waals surface area contributed by atoms with Crippen LogP contribution in [0.2, 0.25) is 0 Å². The number of carbonyl (C=O) groups is 4. The summed E-state index contributed by atoms with van der Waals surface area (Å²) in [5, 5.41) is 13.4. The van der Waals surface area contributed by atoms with Crippen molar-refractivity contribution in [3.05, 3.63) is 35.9 Å². The van der Waals surface area contributed by atoms with E-state index in [2.05, 4.69) is 5.32 Å². The van der Waals surface area contributed by atoms with E-state index >= 15 is 0 Å². The quantitative estimate of drug-likeness (QED) is 0.552. The van der Waals surface area contributed by atoms with E-state index in [4.69, 9.17) is 9.47 Å². The second-order valence-corrected chi connectivity index (χ2v) is 8.11. The molecule has 1 aromatic rings. The Hall–Kier alpha value is -3.30. The molecule has 2 aliphatic heterocycles. The van der Waals surface area contributed by atoms with Crippen LogP contribution in [0.1, 0.15) is 37.7 Å². The third-order valence-electron chi connectivity index (χ3n) is 5.69. The van der Waals surface area contributed by atoms with Gasteiger partial charge in [-0.3, -0.25) is 9.69 Å². The molecule has 10 heteroatoms. The fourth-order valence-corrected chi connectivity index (χ4v) is 3.92. The third kappa shape index (κ3) is 6.60. The number of likely N-dealkylation sites (tertiary alicyclic amines) is 1. The highest BCUT2D eigenvalue weighted by atomic mass is 16.6. The van der Waals surface area contributed by atoms with Crippen molar-refractivity contribution < 1.29 is 33.8 Å². The number of hydrogen-bond donors (Lipinski definition) is 1. The number of nitrogens with zero attached hydrogens (tertiary/aromatic N) is 2. The van der Waals surface area contributed by atoms with Gasteiger partial charge in [0.15, 0.2) is 0 Å². The summed E-state index contributed by atoms with van der Waals surface area (Å²) in [4.78, 5) is 49.6. The summed E-state index contributed by atoms with van der Waals surface area (Å²) < 4.78 is 10.6. The molecular weight excluding hydrogens is 418 g/mol. The lowest BCUT2D eigenvalue weighted by Gasteiger charge is -2.37. The Bertz CT molecular complexity index is 822. The van der Waals surface area contributed by atoms with Crippen molar-refractivity contribution in [1.29, 1.82) is 0 Å². The van der Waals surface area contributed by atoms with Crippen LogP contribution in [0.4, 0.5) is 9.59 Å². The number of carboxylic acids is 1. The summed E-state index contributed by atoms with van der Waals surface area (Å²) in [5.41, 5.74) is 0.184. The summed E-state index contributed by atoms with van der Waals surface area (Å²) in [5.74, 6) is -1.31. The molecule has 2 aliphatic rings. The predicted octanol–water partition coefficient (Wildman–Crippen LogP) is 0.646. The van der Waals surface area contributed by atoms with E-state index < -0.39 is 30.3 Å². The first-order chi connectivity index (χ1) is 15.4. The molecule has 0 unspecified atom stereocenters. The fraction of sp³-hybridized carbons (Fsp3) is 0.545. The van der Waals surface area contributed by atoms with Gasteiger partial charge in [-0.25, -0.2) is 9.59 Å². The van der Waals surface area contributed by atoms with Crippen LogP contribution >= 0.6 is 0 Å². The summed E-state index contributed by atoms with van der Waals surface area (Å²) >= 11 is 0. The van der Waals surface area contributed by atoms with E-state index in [0.29, 0.717) is 51.7 Å². The first-order valence-electron chi connectivity index (χ1n) is 10.8. The van der Waals surface area contributed by atoms with Crippen molar-refractivity contribution in [3.8, 4) is 0 Å². The number of benzene rings is 1. The maximum atomic E-state index is 12.4. The van der Waals surface area contributed by atoms with Crippen molar-refractivity contribution in [3.63, 3.8) is 0 Å². The molecule has 174 valence electrons. The molecule has 2 heterocycles. The standard InChI is InChI=1S/C22H29N3O7/c26-18(8-4-5-11-23-20(29)31-15-17-6-2-1-3-7-17)24-12-9-22(10-13-24)16-25(14-19(27)28)21(30)32-22/h1-3,6-7H,4-5,8-16H2,(H,23,29)(H,27,28)/p-1. The van der Waals surface area contributed by atoms with Gasteiger partial charge in [0.1, 0.15) is 12.2 Å². The molecule has 3 rings (SSSR count). The normalized spacial score (nSPS) is 17.2. The maximum Gasteiger partial charge on any atom is 0.410 e. The Balaban J connectivity index is 1.27. The molecule has 1 aromatic carbocycles. The van der Waals surface area contributed by atoms with Crippen molar-refractivity contribution in [2.24, 2.45) is 0 Å². The van der Waals surface area contributed by atoms with Gasteiger partial charge >= 0.3 is 12.2 Å². The van der Waals surface area contributed by atoms with E-state index in [-0.39, 0.29) is 19.1 Å². The molecular formula is C22H28N3O7-. The van der Waals surface area contributed by atoms with Crippen LogP contribution in [0, 0.1) is 0 Å². The number of nitrogens with one attached hydrogen (secondary N) is 1. The number of piperidine rings is 1. The van der Waals surface area contributed by atoms with Crippen molar-refractivity contribution in [2.45, 2.75) is 44.3 Å². The minimum Gasteiger partial charge on any atom is -0.548 e. The zero-order valence-electron chi connectivity index (χ0n) is 17.9. The first-order valence-corrected chi connectivity index (χ1v) is 10.8. The van der Waals surface area contributed by atoms with Crippen molar-refractivity contribution >= 4 is 24.1 Å². The first kappa shape index (κ1) is 23.4. The van der Waals surface area contributed by atoms with E-state index in [0.717, 1.165) is 10.5 Å². The van der Waals surface area contributed by atoms with Crippen LogP contribution in [0.5, 0.6) is 0 Å². The topological polar surface area (TPSA) is 128 Å². The minimum absolute atomic E-state index is 0.0161.